The third-order valence-corrected chi connectivity index (χ3v) is 11.8. The molecule has 0 radical (unpaired) electrons. The van der Waals surface area contributed by atoms with Crippen LogP contribution in [0.1, 0.15) is 40.3 Å². The monoisotopic (exact) mass is 923 g/mol. The standard InChI is InChI=1S/C56H61NO11/c1-40(58)57-49-52(63-35-44-26-14-5-15-27-44)51(48(66-55(49)59)39-61-33-42-22-10-3-11-23-42)68-56-54(65-37-46-30-18-7-19-31-46)53(64-36-45-28-16-6-17-29-45)50(62-34-43-24-12-4-13-25-43)47(67-56)38-60-32-41-20-8-2-9-21-41/h2-31,47-56,59H,32-39H2,1H3,(H,57,58)/t47-,48-,49-,50+,51-,52-,53+,54-,55?,56+/m1/s1. The normalized spacial score (nSPS) is 24.9. The van der Waals surface area contributed by atoms with Crippen molar-refractivity contribution in [1.29, 1.82) is 0 Å². The summed E-state index contributed by atoms with van der Waals surface area (Å²) in [5.74, 6) is -0.384. The first-order valence-electron chi connectivity index (χ1n) is 23.2. The molecule has 0 aliphatic carbocycles. The Kier molecular flexibility index (Phi) is 18.4. The van der Waals surface area contributed by atoms with Crippen molar-refractivity contribution >= 4 is 5.91 Å². The van der Waals surface area contributed by atoms with E-state index in [0.717, 1.165) is 33.4 Å². The summed E-state index contributed by atoms with van der Waals surface area (Å²) >= 11 is 0. The van der Waals surface area contributed by atoms with Crippen molar-refractivity contribution in [3.63, 3.8) is 0 Å². The fourth-order valence-electron chi connectivity index (χ4n) is 8.45. The summed E-state index contributed by atoms with van der Waals surface area (Å²) in [5, 5.41) is 14.6. The Hall–Kier alpha value is -5.61. The molecule has 2 saturated heterocycles. The number of carbonyl (C=O) groups is 1. The first-order chi connectivity index (χ1) is 33.5. The van der Waals surface area contributed by atoms with Crippen LogP contribution < -0.4 is 5.32 Å². The van der Waals surface area contributed by atoms with E-state index >= 15 is 0 Å². The summed E-state index contributed by atoms with van der Waals surface area (Å²) in [6.07, 6.45) is -8.71. The second kappa shape index (κ2) is 25.7. The van der Waals surface area contributed by atoms with E-state index in [1.54, 1.807) is 0 Å². The fourth-order valence-corrected chi connectivity index (χ4v) is 8.45. The number of hydrogen-bond acceptors (Lipinski definition) is 11. The molecular weight excluding hydrogens is 863 g/mol. The summed E-state index contributed by atoms with van der Waals surface area (Å²) in [6.45, 7) is 2.90. The zero-order valence-electron chi connectivity index (χ0n) is 38.3. The number of amides is 1. The Labute approximate surface area is 399 Å². The molecule has 68 heavy (non-hydrogen) atoms. The average Bonchev–Trinajstić information content (AvgIpc) is 3.37. The van der Waals surface area contributed by atoms with Crippen LogP contribution >= 0.6 is 0 Å². The van der Waals surface area contributed by atoms with Crippen LogP contribution in [-0.2, 0) is 87.1 Å². The van der Waals surface area contributed by atoms with Gasteiger partial charge in [-0.25, -0.2) is 0 Å². The van der Waals surface area contributed by atoms with Crippen LogP contribution in [0.4, 0.5) is 0 Å². The van der Waals surface area contributed by atoms with Gasteiger partial charge in [-0.1, -0.05) is 182 Å². The molecule has 2 N–H and O–H groups in total. The third-order valence-electron chi connectivity index (χ3n) is 11.8. The minimum Gasteiger partial charge on any atom is -0.374 e. The summed E-state index contributed by atoms with van der Waals surface area (Å²) in [7, 11) is 0. The molecule has 1 amide bonds. The van der Waals surface area contributed by atoms with E-state index in [-0.39, 0.29) is 52.2 Å². The first kappa shape index (κ1) is 48.8. The lowest BCUT2D eigenvalue weighted by Gasteiger charge is -2.50. The first-order valence-corrected chi connectivity index (χ1v) is 23.2. The highest BCUT2D eigenvalue weighted by molar-refractivity contribution is 5.73. The molecule has 8 rings (SSSR count). The van der Waals surface area contributed by atoms with Gasteiger partial charge in [-0.2, -0.15) is 0 Å². The minimum atomic E-state index is -1.47. The fraction of sp³-hybridized carbons (Fsp3) is 0.339. The molecule has 6 aromatic rings. The molecule has 0 bridgehead atoms. The summed E-state index contributed by atoms with van der Waals surface area (Å²) < 4.78 is 61.1. The minimum absolute atomic E-state index is 0.00275. The van der Waals surface area contributed by atoms with Crippen molar-refractivity contribution in [2.45, 2.75) is 108 Å². The molecule has 1 unspecified atom stereocenters. The van der Waals surface area contributed by atoms with Gasteiger partial charge in [0.25, 0.3) is 0 Å². The van der Waals surface area contributed by atoms with Crippen molar-refractivity contribution in [3.05, 3.63) is 215 Å². The Balaban J connectivity index is 1.18. The second-order valence-electron chi connectivity index (χ2n) is 17.0. The van der Waals surface area contributed by atoms with E-state index in [0.29, 0.717) is 6.61 Å². The number of aliphatic hydroxyl groups is 1. The molecular formula is C56H61NO11. The van der Waals surface area contributed by atoms with Gasteiger partial charge in [0, 0.05) is 6.92 Å². The highest BCUT2D eigenvalue weighted by Crippen LogP contribution is 2.35. The molecule has 2 aliphatic heterocycles. The van der Waals surface area contributed by atoms with Crippen molar-refractivity contribution in [3.8, 4) is 0 Å². The molecule has 2 heterocycles. The van der Waals surface area contributed by atoms with Crippen molar-refractivity contribution in [1.82, 2.24) is 5.32 Å². The zero-order valence-corrected chi connectivity index (χ0v) is 38.3. The Morgan fingerprint density at radius 1 is 0.441 bits per heavy atom. The van der Waals surface area contributed by atoms with E-state index in [9.17, 15) is 9.90 Å². The summed E-state index contributed by atoms with van der Waals surface area (Å²) in [4.78, 5) is 12.8. The lowest BCUT2D eigenvalue weighted by atomic mass is 9.94. The molecule has 12 nitrogen and oxygen atoms in total. The van der Waals surface area contributed by atoms with Gasteiger partial charge < -0.3 is 53.1 Å². The van der Waals surface area contributed by atoms with Crippen LogP contribution in [0.15, 0.2) is 182 Å². The van der Waals surface area contributed by atoms with Crippen LogP contribution in [-0.4, -0.2) is 85.6 Å². The second-order valence-corrected chi connectivity index (χ2v) is 17.0. The maximum absolute atomic E-state index is 12.8. The largest absolute Gasteiger partial charge is 0.374 e. The van der Waals surface area contributed by atoms with E-state index < -0.39 is 61.3 Å². The highest BCUT2D eigenvalue weighted by atomic mass is 16.7. The molecule has 0 saturated carbocycles. The van der Waals surface area contributed by atoms with E-state index in [4.69, 9.17) is 42.6 Å². The quantitative estimate of drug-likeness (QED) is 0.0647. The van der Waals surface area contributed by atoms with Gasteiger partial charge in [0.15, 0.2) is 12.6 Å². The Morgan fingerprint density at radius 2 is 0.779 bits per heavy atom. The number of nitrogens with one attached hydrogen (secondary N) is 1. The third kappa shape index (κ3) is 14.2. The van der Waals surface area contributed by atoms with E-state index in [1.807, 2.05) is 182 Å². The zero-order chi connectivity index (χ0) is 46.8. The van der Waals surface area contributed by atoms with E-state index in [1.165, 1.54) is 6.92 Å². The lowest BCUT2D eigenvalue weighted by molar-refractivity contribution is -0.363. The van der Waals surface area contributed by atoms with Gasteiger partial charge in [0.05, 0.1) is 52.9 Å². The number of benzene rings is 6. The van der Waals surface area contributed by atoms with Crippen LogP contribution in [0.3, 0.4) is 0 Å². The van der Waals surface area contributed by atoms with E-state index in [2.05, 4.69) is 5.32 Å². The van der Waals surface area contributed by atoms with Gasteiger partial charge in [-0.15, -0.1) is 0 Å². The average molecular weight is 924 g/mol. The molecule has 6 aromatic carbocycles. The molecule has 0 spiro atoms. The van der Waals surface area contributed by atoms with Crippen molar-refractivity contribution < 1.29 is 52.5 Å². The highest BCUT2D eigenvalue weighted by Gasteiger charge is 2.54. The maximum atomic E-state index is 12.8. The van der Waals surface area contributed by atoms with Crippen molar-refractivity contribution in [2.24, 2.45) is 0 Å². The van der Waals surface area contributed by atoms with Crippen molar-refractivity contribution in [2.75, 3.05) is 13.2 Å². The molecule has 2 aliphatic rings. The molecule has 2 fully saturated rings. The number of ether oxygens (including phenoxy) is 9. The topological polar surface area (TPSA) is 132 Å². The number of rotatable bonds is 23. The van der Waals surface area contributed by atoms with Crippen LogP contribution in [0.5, 0.6) is 0 Å². The van der Waals surface area contributed by atoms with Gasteiger partial charge in [0.2, 0.25) is 5.91 Å². The van der Waals surface area contributed by atoms with Gasteiger partial charge >= 0.3 is 0 Å². The van der Waals surface area contributed by atoms with Crippen LogP contribution in [0, 0.1) is 0 Å². The summed E-state index contributed by atoms with van der Waals surface area (Å²) in [5.41, 5.74) is 5.68. The van der Waals surface area contributed by atoms with Crippen LogP contribution in [0.2, 0.25) is 0 Å². The van der Waals surface area contributed by atoms with Gasteiger partial charge in [-0.3, -0.25) is 4.79 Å². The molecule has 12 heteroatoms. The number of hydrogen-bond donors (Lipinski definition) is 2. The molecule has 10 atom stereocenters. The Bertz CT molecular complexity index is 2330. The lowest BCUT2D eigenvalue weighted by Crippen LogP contribution is -2.68. The summed E-state index contributed by atoms with van der Waals surface area (Å²) in [6, 6.07) is 58.1. The predicted octanol–water partition coefficient (Wildman–Crippen LogP) is 8.09. The number of carbonyl (C=O) groups excluding carboxylic acids is 1. The smallest absolute Gasteiger partial charge is 0.217 e. The number of aliphatic hydroxyl groups excluding tert-OH is 1. The van der Waals surface area contributed by atoms with Gasteiger partial charge in [-0.05, 0) is 33.4 Å². The van der Waals surface area contributed by atoms with Crippen LogP contribution in [0.25, 0.3) is 0 Å². The SMILES string of the molecule is CC(=O)N[C@H]1C(O)O[C@H](COCc2ccccc2)[C@@H](O[C@@H]2O[C@H](COCc3ccccc3)[C@H](OCc3ccccc3)[C@H](OCc3ccccc3)[C@H]2OCc2ccccc2)[C@@H]1OCc1ccccc1. The predicted molar refractivity (Wildman–Crippen MR) is 254 cm³/mol. The molecule has 0 aromatic heterocycles. The Morgan fingerprint density at radius 3 is 1.18 bits per heavy atom. The van der Waals surface area contributed by atoms with Gasteiger partial charge in [0.1, 0.15) is 48.8 Å². The molecule has 356 valence electrons. The maximum Gasteiger partial charge on any atom is 0.217 e.